The van der Waals surface area contributed by atoms with Crippen LogP contribution in [0.3, 0.4) is 0 Å². The number of rotatable bonds is 3. The molecular formula is C19H23N5O. The van der Waals surface area contributed by atoms with Crippen molar-refractivity contribution < 1.29 is 4.52 Å². The number of nitrogens with zero attached hydrogens (tertiary/aromatic N) is 5. The Morgan fingerprint density at radius 2 is 1.84 bits per heavy atom. The van der Waals surface area contributed by atoms with Gasteiger partial charge in [0.05, 0.1) is 11.2 Å². The Bertz CT molecular complexity index is 876. The lowest BCUT2D eigenvalue weighted by atomic mass is 10.1. The molecule has 0 unspecified atom stereocenters. The largest absolute Gasteiger partial charge is 0.361 e. The van der Waals surface area contributed by atoms with Crippen molar-refractivity contribution in [2.45, 2.75) is 27.3 Å². The number of hydrogen-bond donors (Lipinski definition) is 0. The SMILES string of the molecule is Cc1ccc2ncnc(N3CCN(Cc4c(C)noc4C)CC3)c2c1. The third-order valence-electron chi connectivity index (χ3n) is 5.00. The highest BCUT2D eigenvalue weighted by atomic mass is 16.5. The van der Waals surface area contributed by atoms with E-state index in [1.165, 1.54) is 11.1 Å². The Kier molecular flexibility index (Phi) is 4.13. The van der Waals surface area contributed by atoms with E-state index in [0.717, 1.165) is 60.9 Å². The fourth-order valence-electron chi connectivity index (χ4n) is 3.48. The van der Waals surface area contributed by atoms with E-state index in [4.69, 9.17) is 4.52 Å². The quantitative estimate of drug-likeness (QED) is 0.732. The monoisotopic (exact) mass is 337 g/mol. The van der Waals surface area contributed by atoms with Gasteiger partial charge < -0.3 is 9.42 Å². The number of aromatic nitrogens is 3. The van der Waals surface area contributed by atoms with Gasteiger partial charge in [-0.3, -0.25) is 4.90 Å². The summed E-state index contributed by atoms with van der Waals surface area (Å²) < 4.78 is 5.28. The van der Waals surface area contributed by atoms with E-state index in [2.05, 4.69) is 50.0 Å². The molecule has 25 heavy (non-hydrogen) atoms. The lowest BCUT2D eigenvalue weighted by Crippen LogP contribution is -2.46. The minimum Gasteiger partial charge on any atom is -0.361 e. The number of aryl methyl sites for hydroxylation is 3. The van der Waals surface area contributed by atoms with Crippen LogP contribution in [0.1, 0.15) is 22.6 Å². The molecule has 0 spiro atoms. The molecule has 0 atom stereocenters. The van der Waals surface area contributed by atoms with Crippen molar-refractivity contribution in [2.75, 3.05) is 31.1 Å². The summed E-state index contributed by atoms with van der Waals surface area (Å²) in [5.74, 6) is 1.97. The number of anilines is 1. The van der Waals surface area contributed by atoms with E-state index in [-0.39, 0.29) is 0 Å². The van der Waals surface area contributed by atoms with Gasteiger partial charge in [0.25, 0.3) is 0 Å². The van der Waals surface area contributed by atoms with Crippen molar-refractivity contribution in [3.8, 4) is 0 Å². The average molecular weight is 337 g/mol. The first kappa shape index (κ1) is 16.0. The van der Waals surface area contributed by atoms with Gasteiger partial charge in [-0.2, -0.15) is 0 Å². The molecule has 0 bridgehead atoms. The van der Waals surface area contributed by atoms with Gasteiger partial charge >= 0.3 is 0 Å². The van der Waals surface area contributed by atoms with Crippen LogP contribution in [0.4, 0.5) is 5.82 Å². The van der Waals surface area contributed by atoms with E-state index in [1.54, 1.807) is 6.33 Å². The van der Waals surface area contributed by atoms with Crippen LogP contribution >= 0.6 is 0 Å². The molecule has 0 amide bonds. The molecule has 6 heteroatoms. The summed E-state index contributed by atoms with van der Waals surface area (Å²) in [6, 6.07) is 6.35. The lowest BCUT2D eigenvalue weighted by Gasteiger charge is -2.35. The lowest BCUT2D eigenvalue weighted by molar-refractivity contribution is 0.247. The molecule has 3 heterocycles. The summed E-state index contributed by atoms with van der Waals surface area (Å²) in [5, 5.41) is 5.20. The van der Waals surface area contributed by atoms with Gasteiger partial charge in [-0.15, -0.1) is 0 Å². The molecule has 0 saturated carbocycles. The third kappa shape index (κ3) is 3.09. The Labute approximate surface area is 147 Å². The van der Waals surface area contributed by atoms with Gasteiger partial charge in [0.2, 0.25) is 0 Å². The van der Waals surface area contributed by atoms with E-state index >= 15 is 0 Å². The van der Waals surface area contributed by atoms with Crippen LogP contribution in [0.5, 0.6) is 0 Å². The summed E-state index contributed by atoms with van der Waals surface area (Å²) in [6.45, 7) is 10.9. The topological polar surface area (TPSA) is 58.3 Å². The molecule has 0 radical (unpaired) electrons. The summed E-state index contributed by atoms with van der Waals surface area (Å²) in [6.07, 6.45) is 1.67. The number of benzene rings is 1. The second kappa shape index (κ2) is 6.44. The van der Waals surface area contributed by atoms with Crippen LogP contribution in [-0.2, 0) is 6.54 Å². The van der Waals surface area contributed by atoms with Crippen molar-refractivity contribution in [1.29, 1.82) is 0 Å². The Hall–Kier alpha value is -2.47. The molecule has 1 aliphatic heterocycles. The standard InChI is InChI=1S/C19H23N5O/c1-13-4-5-18-16(10-13)19(21-12-20-18)24-8-6-23(7-9-24)11-17-14(2)22-25-15(17)3/h4-5,10,12H,6-9,11H2,1-3H3. The van der Waals surface area contributed by atoms with Crippen LogP contribution in [0.25, 0.3) is 10.9 Å². The molecule has 1 aromatic carbocycles. The van der Waals surface area contributed by atoms with Crippen molar-refractivity contribution in [1.82, 2.24) is 20.0 Å². The normalized spacial score (nSPS) is 15.9. The number of piperazine rings is 1. The van der Waals surface area contributed by atoms with Gasteiger partial charge in [0, 0.05) is 43.7 Å². The van der Waals surface area contributed by atoms with Crippen molar-refractivity contribution in [3.63, 3.8) is 0 Å². The van der Waals surface area contributed by atoms with Crippen LogP contribution in [0.15, 0.2) is 29.0 Å². The second-order valence-electron chi connectivity index (χ2n) is 6.78. The van der Waals surface area contributed by atoms with E-state index in [0.29, 0.717) is 0 Å². The summed E-state index contributed by atoms with van der Waals surface area (Å²) >= 11 is 0. The minimum atomic E-state index is 0.901. The first-order valence-corrected chi connectivity index (χ1v) is 8.72. The van der Waals surface area contributed by atoms with E-state index in [9.17, 15) is 0 Å². The summed E-state index contributed by atoms with van der Waals surface area (Å²) in [7, 11) is 0. The third-order valence-corrected chi connectivity index (χ3v) is 5.00. The summed E-state index contributed by atoms with van der Waals surface area (Å²) in [4.78, 5) is 13.8. The zero-order chi connectivity index (χ0) is 17.4. The van der Waals surface area contributed by atoms with Gasteiger partial charge in [-0.25, -0.2) is 9.97 Å². The molecule has 1 fully saturated rings. The Morgan fingerprint density at radius 1 is 1.04 bits per heavy atom. The van der Waals surface area contributed by atoms with Gasteiger partial charge in [-0.05, 0) is 32.9 Å². The van der Waals surface area contributed by atoms with Gasteiger partial charge in [-0.1, -0.05) is 16.8 Å². The average Bonchev–Trinajstić information content (AvgIpc) is 2.94. The maximum atomic E-state index is 5.28. The van der Waals surface area contributed by atoms with Crippen molar-refractivity contribution >= 4 is 16.7 Å². The Balaban J connectivity index is 1.50. The van der Waals surface area contributed by atoms with Crippen molar-refractivity contribution in [2.24, 2.45) is 0 Å². The molecule has 1 saturated heterocycles. The highest BCUT2D eigenvalue weighted by molar-refractivity contribution is 5.89. The highest BCUT2D eigenvalue weighted by Crippen LogP contribution is 2.25. The molecule has 3 aromatic rings. The van der Waals surface area contributed by atoms with Gasteiger partial charge in [0.1, 0.15) is 17.9 Å². The zero-order valence-electron chi connectivity index (χ0n) is 15.0. The van der Waals surface area contributed by atoms with Crippen LogP contribution in [-0.4, -0.2) is 46.2 Å². The van der Waals surface area contributed by atoms with E-state index < -0.39 is 0 Å². The molecular weight excluding hydrogens is 314 g/mol. The smallest absolute Gasteiger partial charge is 0.139 e. The van der Waals surface area contributed by atoms with Crippen LogP contribution in [0.2, 0.25) is 0 Å². The minimum absolute atomic E-state index is 0.901. The van der Waals surface area contributed by atoms with Gasteiger partial charge in [0.15, 0.2) is 0 Å². The summed E-state index contributed by atoms with van der Waals surface area (Å²) in [5.41, 5.74) is 4.46. The second-order valence-corrected chi connectivity index (χ2v) is 6.78. The van der Waals surface area contributed by atoms with Crippen LogP contribution < -0.4 is 4.90 Å². The predicted octanol–water partition coefficient (Wildman–Crippen LogP) is 2.87. The molecule has 130 valence electrons. The maximum absolute atomic E-state index is 5.28. The maximum Gasteiger partial charge on any atom is 0.139 e. The molecule has 1 aliphatic rings. The molecule has 0 aliphatic carbocycles. The molecule has 0 N–H and O–H groups in total. The zero-order valence-corrected chi connectivity index (χ0v) is 15.0. The first-order valence-electron chi connectivity index (χ1n) is 8.72. The fourth-order valence-corrected chi connectivity index (χ4v) is 3.48. The highest BCUT2D eigenvalue weighted by Gasteiger charge is 2.22. The fraction of sp³-hybridized carbons (Fsp3) is 0.421. The predicted molar refractivity (Wildman–Crippen MR) is 97.7 cm³/mol. The van der Waals surface area contributed by atoms with Crippen molar-refractivity contribution in [3.05, 3.63) is 47.1 Å². The van der Waals surface area contributed by atoms with E-state index in [1.807, 2.05) is 13.8 Å². The first-order chi connectivity index (χ1) is 12.1. The van der Waals surface area contributed by atoms with Crippen LogP contribution in [0, 0.1) is 20.8 Å². The molecule has 4 rings (SSSR count). The molecule has 6 nitrogen and oxygen atoms in total. The number of fused-ring (bicyclic) bond motifs is 1. The Morgan fingerprint density at radius 3 is 2.56 bits per heavy atom. The number of hydrogen-bond acceptors (Lipinski definition) is 6. The molecule has 2 aromatic heterocycles.